The Labute approximate surface area is 58.3 Å². The maximum Gasteiger partial charge on any atom is 0.205 e. The standard InChI is InChI=1S/C5H6N2OS/c6-5(9)7-3-1-2-4-8-7/h1-4H,(H2,6,9). The van der Waals surface area contributed by atoms with Crippen molar-refractivity contribution in [1.82, 2.24) is 5.06 Å². The van der Waals surface area contributed by atoms with Crippen LogP contribution in [-0.4, -0.2) is 10.2 Å². The van der Waals surface area contributed by atoms with Gasteiger partial charge in [0.15, 0.2) is 0 Å². The Morgan fingerprint density at radius 2 is 2.33 bits per heavy atom. The molecule has 4 heteroatoms. The van der Waals surface area contributed by atoms with Crippen LogP contribution >= 0.6 is 12.2 Å². The Morgan fingerprint density at radius 3 is 2.67 bits per heavy atom. The largest absolute Gasteiger partial charge is 0.381 e. The van der Waals surface area contributed by atoms with Crippen molar-refractivity contribution >= 4 is 17.3 Å². The van der Waals surface area contributed by atoms with Crippen molar-refractivity contribution in [2.24, 2.45) is 5.73 Å². The van der Waals surface area contributed by atoms with Crippen molar-refractivity contribution in [2.45, 2.75) is 0 Å². The Morgan fingerprint density at radius 1 is 1.56 bits per heavy atom. The molecule has 0 aliphatic carbocycles. The highest BCUT2D eigenvalue weighted by Crippen LogP contribution is 1.98. The zero-order valence-corrected chi connectivity index (χ0v) is 5.47. The lowest BCUT2D eigenvalue weighted by Crippen LogP contribution is -2.30. The summed E-state index contributed by atoms with van der Waals surface area (Å²) in [5.74, 6) is 0. The van der Waals surface area contributed by atoms with Gasteiger partial charge < -0.3 is 10.6 Å². The maximum atomic E-state index is 5.21. The summed E-state index contributed by atoms with van der Waals surface area (Å²) >= 11 is 4.61. The van der Waals surface area contributed by atoms with Crippen molar-refractivity contribution < 1.29 is 4.84 Å². The van der Waals surface area contributed by atoms with E-state index in [1.54, 1.807) is 18.4 Å². The second-order valence-electron chi connectivity index (χ2n) is 1.44. The second kappa shape index (κ2) is 2.50. The summed E-state index contributed by atoms with van der Waals surface area (Å²) in [4.78, 5) is 4.84. The molecular formula is C5H6N2OS. The van der Waals surface area contributed by atoms with E-state index < -0.39 is 0 Å². The predicted molar refractivity (Wildman–Crippen MR) is 38.0 cm³/mol. The molecule has 1 heterocycles. The van der Waals surface area contributed by atoms with Crippen molar-refractivity contribution in [3.63, 3.8) is 0 Å². The Hall–Kier alpha value is -1.03. The zero-order valence-electron chi connectivity index (χ0n) is 4.65. The van der Waals surface area contributed by atoms with Crippen LogP contribution < -0.4 is 5.73 Å². The third kappa shape index (κ3) is 1.43. The third-order valence-electron chi connectivity index (χ3n) is 0.803. The molecule has 0 spiro atoms. The normalized spacial score (nSPS) is 15.3. The lowest BCUT2D eigenvalue weighted by Gasteiger charge is -2.16. The lowest BCUT2D eigenvalue weighted by atomic mass is 10.5. The molecule has 0 aromatic rings. The average Bonchev–Trinajstić information content (AvgIpc) is 1.90. The predicted octanol–water partition coefficient (Wildman–Crippen LogP) is 0.505. The highest BCUT2D eigenvalue weighted by Gasteiger charge is 2.01. The minimum atomic E-state index is 0.204. The molecule has 0 atom stereocenters. The van der Waals surface area contributed by atoms with E-state index in [-0.39, 0.29) is 5.11 Å². The first-order valence-corrected chi connectivity index (χ1v) is 2.80. The van der Waals surface area contributed by atoms with E-state index in [9.17, 15) is 0 Å². The summed E-state index contributed by atoms with van der Waals surface area (Å²) in [7, 11) is 0. The molecule has 0 saturated heterocycles. The van der Waals surface area contributed by atoms with Crippen molar-refractivity contribution in [3.8, 4) is 0 Å². The number of rotatable bonds is 0. The fourth-order valence-electron chi connectivity index (χ4n) is 0.434. The molecule has 0 amide bonds. The van der Waals surface area contributed by atoms with Crippen LogP contribution in [0.15, 0.2) is 24.6 Å². The Bertz CT molecular complexity index is 176. The fraction of sp³-hybridized carbons (Fsp3) is 0. The molecule has 9 heavy (non-hydrogen) atoms. The number of nitrogens with two attached hydrogens (primary N) is 1. The molecule has 0 fully saturated rings. The summed E-state index contributed by atoms with van der Waals surface area (Å²) in [5, 5.41) is 1.51. The van der Waals surface area contributed by atoms with Crippen molar-refractivity contribution in [2.75, 3.05) is 0 Å². The number of thiocarbonyl (C=S) groups is 1. The number of hydrogen-bond acceptors (Lipinski definition) is 2. The van der Waals surface area contributed by atoms with Crippen LogP contribution in [0.5, 0.6) is 0 Å². The van der Waals surface area contributed by atoms with Gasteiger partial charge >= 0.3 is 0 Å². The van der Waals surface area contributed by atoms with E-state index in [0.717, 1.165) is 0 Å². The lowest BCUT2D eigenvalue weighted by molar-refractivity contribution is 0.0136. The van der Waals surface area contributed by atoms with Crippen molar-refractivity contribution in [1.29, 1.82) is 0 Å². The first-order chi connectivity index (χ1) is 4.30. The van der Waals surface area contributed by atoms with E-state index in [2.05, 4.69) is 12.2 Å². The molecule has 0 bridgehead atoms. The van der Waals surface area contributed by atoms with Gasteiger partial charge in [-0.1, -0.05) is 0 Å². The molecule has 1 aliphatic heterocycles. The van der Waals surface area contributed by atoms with Gasteiger partial charge in [-0.2, -0.15) is 5.06 Å². The van der Waals surface area contributed by atoms with Crippen LogP contribution in [0.25, 0.3) is 0 Å². The fourth-order valence-corrected chi connectivity index (χ4v) is 0.538. The second-order valence-corrected chi connectivity index (χ2v) is 1.86. The molecule has 3 nitrogen and oxygen atoms in total. The number of hydrogen-bond donors (Lipinski definition) is 1. The third-order valence-corrected chi connectivity index (χ3v) is 0.983. The summed E-state index contributed by atoms with van der Waals surface area (Å²) in [6, 6.07) is 0. The van der Waals surface area contributed by atoms with Crippen LogP contribution in [0.3, 0.4) is 0 Å². The van der Waals surface area contributed by atoms with Gasteiger partial charge in [0.2, 0.25) is 5.11 Å². The van der Waals surface area contributed by atoms with Gasteiger partial charge in [-0.3, -0.25) is 0 Å². The van der Waals surface area contributed by atoms with Crippen LogP contribution in [-0.2, 0) is 4.84 Å². The molecule has 48 valence electrons. The zero-order chi connectivity index (χ0) is 6.69. The van der Waals surface area contributed by atoms with Gasteiger partial charge in [-0.15, -0.1) is 0 Å². The van der Waals surface area contributed by atoms with Gasteiger partial charge in [0.25, 0.3) is 0 Å². The topological polar surface area (TPSA) is 38.5 Å². The number of hydroxylamine groups is 2. The van der Waals surface area contributed by atoms with Gasteiger partial charge in [0.05, 0.1) is 0 Å². The SMILES string of the molecule is NC(=S)N1C=CC=CO1. The van der Waals surface area contributed by atoms with Crippen LogP contribution in [0.1, 0.15) is 0 Å². The molecule has 0 aromatic carbocycles. The summed E-state index contributed by atoms with van der Waals surface area (Å²) < 4.78 is 0. The number of nitrogens with zero attached hydrogens (tertiary/aromatic N) is 1. The van der Waals surface area contributed by atoms with E-state index in [1.807, 2.05) is 0 Å². The summed E-state index contributed by atoms with van der Waals surface area (Å²) in [6.45, 7) is 0. The Kier molecular flexibility index (Phi) is 1.69. The minimum absolute atomic E-state index is 0.204. The highest BCUT2D eigenvalue weighted by atomic mass is 32.1. The first kappa shape index (κ1) is 6.10. The molecule has 0 unspecified atom stereocenters. The molecule has 1 rings (SSSR count). The van der Waals surface area contributed by atoms with E-state index in [4.69, 9.17) is 10.6 Å². The summed E-state index contributed by atoms with van der Waals surface area (Å²) in [5.41, 5.74) is 5.21. The van der Waals surface area contributed by atoms with Gasteiger partial charge in [-0.25, -0.2) is 0 Å². The van der Waals surface area contributed by atoms with E-state index >= 15 is 0 Å². The summed E-state index contributed by atoms with van der Waals surface area (Å²) in [6.07, 6.45) is 6.67. The molecule has 0 aromatic heterocycles. The minimum Gasteiger partial charge on any atom is -0.381 e. The monoisotopic (exact) mass is 142 g/mol. The van der Waals surface area contributed by atoms with Gasteiger partial charge in [-0.05, 0) is 24.4 Å². The first-order valence-electron chi connectivity index (χ1n) is 2.39. The smallest absolute Gasteiger partial charge is 0.205 e. The van der Waals surface area contributed by atoms with Crippen molar-refractivity contribution in [3.05, 3.63) is 24.6 Å². The molecule has 1 aliphatic rings. The molecule has 2 N–H and O–H groups in total. The van der Waals surface area contributed by atoms with Crippen LogP contribution in [0.2, 0.25) is 0 Å². The van der Waals surface area contributed by atoms with Gasteiger partial charge in [0, 0.05) is 6.20 Å². The highest BCUT2D eigenvalue weighted by molar-refractivity contribution is 7.80. The van der Waals surface area contributed by atoms with Crippen LogP contribution in [0, 0.1) is 0 Å². The quantitative estimate of drug-likeness (QED) is 0.500. The molecular weight excluding hydrogens is 136 g/mol. The average molecular weight is 142 g/mol. The molecule has 0 radical (unpaired) electrons. The molecule has 0 saturated carbocycles. The van der Waals surface area contributed by atoms with Crippen LogP contribution in [0.4, 0.5) is 0 Å². The van der Waals surface area contributed by atoms with E-state index in [0.29, 0.717) is 0 Å². The maximum absolute atomic E-state index is 5.21. The van der Waals surface area contributed by atoms with Gasteiger partial charge in [0.1, 0.15) is 6.26 Å². The van der Waals surface area contributed by atoms with E-state index in [1.165, 1.54) is 11.3 Å². The number of allylic oxidation sites excluding steroid dienone is 2. The Balaban J connectivity index is 2.56.